The normalized spacial score (nSPS) is 28.2. The quantitative estimate of drug-likeness (QED) is 0.860. The maximum absolute atomic E-state index is 6.32. The highest BCUT2D eigenvalue weighted by molar-refractivity contribution is 5.19. The van der Waals surface area contributed by atoms with Crippen molar-refractivity contribution in [1.82, 2.24) is 10.3 Å². The van der Waals surface area contributed by atoms with Crippen LogP contribution in [0, 0.1) is 5.92 Å². The van der Waals surface area contributed by atoms with Crippen molar-refractivity contribution in [2.75, 3.05) is 13.2 Å². The van der Waals surface area contributed by atoms with Crippen LogP contribution in [0.25, 0.3) is 0 Å². The molecule has 112 valence electrons. The van der Waals surface area contributed by atoms with Gasteiger partial charge in [0.05, 0.1) is 11.6 Å². The SMILES string of the molecule is CCNC(c1cccnc1)C1(OCC)CCCC(C)C1. The second-order valence-electron chi connectivity index (χ2n) is 5.98. The number of aromatic nitrogens is 1. The van der Waals surface area contributed by atoms with Crippen LogP contribution in [0.5, 0.6) is 0 Å². The van der Waals surface area contributed by atoms with Crippen molar-refractivity contribution in [2.24, 2.45) is 5.92 Å². The Balaban J connectivity index is 2.31. The Labute approximate surface area is 123 Å². The van der Waals surface area contributed by atoms with E-state index in [1.165, 1.54) is 18.4 Å². The molecule has 0 radical (unpaired) electrons. The summed E-state index contributed by atoms with van der Waals surface area (Å²) < 4.78 is 6.32. The third-order valence-electron chi connectivity index (χ3n) is 4.37. The summed E-state index contributed by atoms with van der Waals surface area (Å²) in [6, 6.07) is 4.43. The molecule has 0 aliphatic heterocycles. The minimum absolute atomic E-state index is 0.0779. The monoisotopic (exact) mass is 276 g/mol. The van der Waals surface area contributed by atoms with Crippen molar-refractivity contribution in [3.8, 4) is 0 Å². The average Bonchev–Trinajstić information content (AvgIpc) is 2.46. The molecule has 1 heterocycles. The molecule has 1 fully saturated rings. The maximum Gasteiger partial charge on any atom is 0.0879 e. The first-order valence-corrected chi connectivity index (χ1v) is 7.99. The molecule has 0 bridgehead atoms. The van der Waals surface area contributed by atoms with Gasteiger partial charge in [0.15, 0.2) is 0 Å². The van der Waals surface area contributed by atoms with Crippen LogP contribution in [0.15, 0.2) is 24.5 Å². The van der Waals surface area contributed by atoms with Crippen molar-refractivity contribution in [3.05, 3.63) is 30.1 Å². The summed E-state index contributed by atoms with van der Waals surface area (Å²) in [7, 11) is 0. The van der Waals surface area contributed by atoms with Gasteiger partial charge in [-0.2, -0.15) is 0 Å². The topological polar surface area (TPSA) is 34.2 Å². The fourth-order valence-corrected chi connectivity index (χ4v) is 3.67. The molecule has 3 heteroatoms. The molecule has 3 unspecified atom stereocenters. The van der Waals surface area contributed by atoms with Gasteiger partial charge < -0.3 is 10.1 Å². The first kappa shape index (κ1) is 15.5. The molecule has 1 aromatic heterocycles. The van der Waals surface area contributed by atoms with Gasteiger partial charge in [0, 0.05) is 19.0 Å². The molecule has 1 saturated carbocycles. The Kier molecular flexibility index (Phi) is 5.55. The summed E-state index contributed by atoms with van der Waals surface area (Å²) in [6.45, 7) is 8.33. The van der Waals surface area contributed by atoms with Gasteiger partial charge >= 0.3 is 0 Å². The Morgan fingerprint density at radius 1 is 1.50 bits per heavy atom. The first-order valence-electron chi connectivity index (χ1n) is 7.99. The van der Waals surface area contributed by atoms with E-state index in [4.69, 9.17) is 4.74 Å². The van der Waals surface area contributed by atoms with Gasteiger partial charge in [-0.05, 0) is 43.9 Å². The van der Waals surface area contributed by atoms with E-state index in [-0.39, 0.29) is 11.6 Å². The van der Waals surface area contributed by atoms with Gasteiger partial charge in [0.25, 0.3) is 0 Å². The Hall–Kier alpha value is -0.930. The van der Waals surface area contributed by atoms with Crippen LogP contribution in [-0.4, -0.2) is 23.7 Å². The molecule has 1 aromatic rings. The first-order chi connectivity index (χ1) is 9.72. The fourth-order valence-electron chi connectivity index (χ4n) is 3.67. The van der Waals surface area contributed by atoms with Crippen molar-refractivity contribution in [3.63, 3.8) is 0 Å². The number of hydrogen-bond donors (Lipinski definition) is 1. The molecule has 1 aliphatic rings. The smallest absolute Gasteiger partial charge is 0.0879 e. The molecule has 2 rings (SSSR count). The Morgan fingerprint density at radius 3 is 2.95 bits per heavy atom. The lowest BCUT2D eigenvalue weighted by atomic mass is 9.73. The summed E-state index contributed by atoms with van der Waals surface area (Å²) in [4.78, 5) is 4.30. The van der Waals surface area contributed by atoms with Gasteiger partial charge in [0.1, 0.15) is 0 Å². The third kappa shape index (κ3) is 3.39. The van der Waals surface area contributed by atoms with Crippen LogP contribution in [0.1, 0.15) is 58.1 Å². The maximum atomic E-state index is 6.32. The van der Waals surface area contributed by atoms with Crippen molar-refractivity contribution < 1.29 is 4.74 Å². The summed E-state index contributed by atoms with van der Waals surface area (Å²) in [5.74, 6) is 0.730. The van der Waals surface area contributed by atoms with E-state index in [2.05, 4.69) is 37.1 Å². The average molecular weight is 276 g/mol. The van der Waals surface area contributed by atoms with E-state index in [1.54, 1.807) is 0 Å². The van der Waals surface area contributed by atoms with Gasteiger partial charge in [-0.25, -0.2) is 0 Å². The molecule has 1 N–H and O–H groups in total. The Morgan fingerprint density at radius 2 is 2.35 bits per heavy atom. The highest BCUT2D eigenvalue weighted by atomic mass is 16.5. The lowest BCUT2D eigenvalue weighted by Gasteiger charge is -2.45. The highest BCUT2D eigenvalue weighted by Crippen LogP contribution is 2.43. The lowest BCUT2D eigenvalue weighted by Crippen LogP contribution is -2.49. The number of nitrogens with zero attached hydrogens (tertiary/aromatic N) is 1. The number of pyridine rings is 1. The molecule has 0 spiro atoms. The summed E-state index contributed by atoms with van der Waals surface area (Å²) in [5, 5.41) is 3.65. The van der Waals surface area contributed by atoms with Crippen molar-refractivity contribution >= 4 is 0 Å². The van der Waals surface area contributed by atoms with Gasteiger partial charge in [-0.15, -0.1) is 0 Å². The minimum Gasteiger partial charge on any atom is -0.373 e. The van der Waals surface area contributed by atoms with E-state index in [0.717, 1.165) is 31.9 Å². The molecular weight excluding hydrogens is 248 g/mol. The fraction of sp³-hybridized carbons (Fsp3) is 0.706. The largest absolute Gasteiger partial charge is 0.373 e. The molecule has 3 atom stereocenters. The highest BCUT2D eigenvalue weighted by Gasteiger charge is 2.43. The van der Waals surface area contributed by atoms with E-state index in [0.29, 0.717) is 0 Å². The Bertz CT molecular complexity index is 391. The van der Waals surface area contributed by atoms with E-state index < -0.39 is 0 Å². The molecular formula is C17H28N2O. The predicted molar refractivity (Wildman–Crippen MR) is 82.6 cm³/mol. The molecule has 20 heavy (non-hydrogen) atoms. The minimum atomic E-state index is -0.0779. The number of nitrogens with one attached hydrogen (secondary N) is 1. The van der Waals surface area contributed by atoms with Crippen LogP contribution in [0.4, 0.5) is 0 Å². The van der Waals surface area contributed by atoms with Gasteiger partial charge in [0.2, 0.25) is 0 Å². The van der Waals surface area contributed by atoms with Gasteiger partial charge in [-0.1, -0.05) is 32.8 Å². The number of ether oxygens (including phenoxy) is 1. The van der Waals surface area contributed by atoms with E-state index in [1.807, 2.05) is 18.5 Å². The van der Waals surface area contributed by atoms with Crippen molar-refractivity contribution in [1.29, 1.82) is 0 Å². The summed E-state index contributed by atoms with van der Waals surface area (Å²) in [6.07, 6.45) is 8.66. The standard InChI is InChI=1S/C17H28N2O/c1-4-19-16(15-9-7-11-18-13-15)17(20-5-2)10-6-8-14(3)12-17/h7,9,11,13-14,16,19H,4-6,8,10,12H2,1-3H3. The number of hydrogen-bond acceptors (Lipinski definition) is 3. The van der Waals surface area contributed by atoms with E-state index in [9.17, 15) is 0 Å². The van der Waals surface area contributed by atoms with Crippen LogP contribution >= 0.6 is 0 Å². The van der Waals surface area contributed by atoms with Crippen LogP contribution in [-0.2, 0) is 4.74 Å². The predicted octanol–water partition coefficient (Wildman–Crippen LogP) is 3.72. The van der Waals surface area contributed by atoms with Gasteiger partial charge in [-0.3, -0.25) is 4.98 Å². The summed E-state index contributed by atoms with van der Waals surface area (Å²) >= 11 is 0. The summed E-state index contributed by atoms with van der Waals surface area (Å²) in [5.41, 5.74) is 1.17. The zero-order valence-electron chi connectivity index (χ0n) is 13.1. The van der Waals surface area contributed by atoms with Crippen LogP contribution in [0.3, 0.4) is 0 Å². The lowest BCUT2D eigenvalue weighted by molar-refractivity contribution is -0.101. The molecule has 0 aromatic carbocycles. The van der Waals surface area contributed by atoms with E-state index >= 15 is 0 Å². The zero-order chi connectivity index (χ0) is 14.4. The number of likely N-dealkylation sites (N-methyl/N-ethyl adjacent to an activating group) is 1. The second-order valence-corrected chi connectivity index (χ2v) is 5.98. The zero-order valence-corrected chi connectivity index (χ0v) is 13.1. The molecule has 1 aliphatic carbocycles. The third-order valence-corrected chi connectivity index (χ3v) is 4.37. The molecule has 0 amide bonds. The number of rotatable bonds is 6. The van der Waals surface area contributed by atoms with Crippen molar-refractivity contribution in [2.45, 2.75) is 58.1 Å². The van der Waals surface area contributed by atoms with Crippen LogP contribution in [0.2, 0.25) is 0 Å². The molecule has 0 saturated heterocycles. The molecule has 3 nitrogen and oxygen atoms in total. The van der Waals surface area contributed by atoms with Crippen LogP contribution < -0.4 is 5.32 Å². The second kappa shape index (κ2) is 7.19.